The van der Waals surface area contributed by atoms with Crippen LogP contribution >= 0.6 is 0 Å². The first-order valence-corrected chi connectivity index (χ1v) is 6.82. The first-order valence-electron chi connectivity index (χ1n) is 6.82. The van der Waals surface area contributed by atoms with Crippen molar-refractivity contribution in [3.8, 4) is 0 Å². The van der Waals surface area contributed by atoms with Crippen molar-refractivity contribution < 1.29 is 23.8 Å². The maximum absolute atomic E-state index is 11.9. The molecule has 0 unspecified atom stereocenters. The van der Waals surface area contributed by atoms with E-state index >= 15 is 0 Å². The van der Waals surface area contributed by atoms with Crippen LogP contribution in [0.4, 0.5) is 4.79 Å². The minimum atomic E-state index is -0.558. The Morgan fingerprint density at radius 1 is 1.20 bits per heavy atom. The van der Waals surface area contributed by atoms with E-state index in [1.165, 1.54) is 7.11 Å². The average Bonchev–Trinajstić information content (AvgIpc) is 2.34. The fourth-order valence-corrected chi connectivity index (χ4v) is 2.00. The summed E-state index contributed by atoms with van der Waals surface area (Å²) >= 11 is 0. The van der Waals surface area contributed by atoms with Gasteiger partial charge in [0.15, 0.2) is 6.79 Å². The Hall–Kier alpha value is -1.30. The van der Waals surface area contributed by atoms with Crippen LogP contribution in [0.5, 0.6) is 0 Å². The van der Waals surface area contributed by atoms with Crippen molar-refractivity contribution >= 4 is 12.1 Å². The van der Waals surface area contributed by atoms with Gasteiger partial charge in [0.25, 0.3) is 0 Å². The summed E-state index contributed by atoms with van der Waals surface area (Å²) in [4.78, 5) is 25.5. The molecule has 1 rings (SSSR count). The SMILES string of the molecule is COCOC(=O)C1(C)CCN(C(=O)OC(C)(C)C)CC1. The van der Waals surface area contributed by atoms with Crippen molar-refractivity contribution in [2.45, 2.75) is 46.1 Å². The standard InChI is InChI=1S/C14H25NO5/c1-13(2,3)20-12(17)15-8-6-14(4,7-9-15)11(16)19-10-18-5/h6-10H2,1-5H3. The predicted octanol–water partition coefficient (Wildman–Crippen LogP) is 2.17. The molecule has 6 nitrogen and oxygen atoms in total. The van der Waals surface area contributed by atoms with Crippen LogP contribution in [0.1, 0.15) is 40.5 Å². The zero-order chi connectivity index (χ0) is 15.4. The second-order valence-corrected chi connectivity index (χ2v) is 6.37. The number of ether oxygens (including phenoxy) is 3. The minimum Gasteiger partial charge on any atom is -0.444 e. The summed E-state index contributed by atoms with van der Waals surface area (Å²) < 4.78 is 15.1. The Bertz CT molecular complexity index is 353. The number of rotatable bonds is 3. The smallest absolute Gasteiger partial charge is 0.410 e. The highest BCUT2D eigenvalue weighted by Gasteiger charge is 2.40. The highest BCUT2D eigenvalue weighted by atomic mass is 16.7. The Morgan fingerprint density at radius 3 is 2.20 bits per heavy atom. The lowest BCUT2D eigenvalue weighted by atomic mass is 9.80. The Balaban J connectivity index is 2.50. The first kappa shape index (κ1) is 16.8. The van der Waals surface area contributed by atoms with Gasteiger partial charge in [0.05, 0.1) is 5.41 Å². The van der Waals surface area contributed by atoms with E-state index in [2.05, 4.69) is 0 Å². The van der Waals surface area contributed by atoms with Crippen LogP contribution in [0.25, 0.3) is 0 Å². The van der Waals surface area contributed by atoms with Crippen LogP contribution in [0.15, 0.2) is 0 Å². The quantitative estimate of drug-likeness (QED) is 0.588. The van der Waals surface area contributed by atoms with Crippen LogP contribution in [0.2, 0.25) is 0 Å². The van der Waals surface area contributed by atoms with Crippen molar-refractivity contribution in [2.75, 3.05) is 27.0 Å². The summed E-state index contributed by atoms with van der Waals surface area (Å²) in [5.41, 5.74) is -1.06. The summed E-state index contributed by atoms with van der Waals surface area (Å²) in [5.74, 6) is -0.275. The maximum atomic E-state index is 11.9. The zero-order valence-corrected chi connectivity index (χ0v) is 13.0. The number of carbonyl (C=O) groups is 2. The summed E-state index contributed by atoms with van der Waals surface area (Å²) in [6.07, 6.45) is 0.800. The molecule has 0 bridgehead atoms. The Labute approximate surface area is 120 Å². The van der Waals surface area contributed by atoms with E-state index in [9.17, 15) is 9.59 Å². The van der Waals surface area contributed by atoms with Gasteiger partial charge in [0.1, 0.15) is 5.60 Å². The molecule has 0 aromatic rings. The molecule has 1 aliphatic heterocycles. The van der Waals surface area contributed by atoms with Crippen molar-refractivity contribution in [3.05, 3.63) is 0 Å². The van der Waals surface area contributed by atoms with Gasteiger partial charge in [0.2, 0.25) is 0 Å². The first-order chi connectivity index (χ1) is 9.18. The molecule has 1 fully saturated rings. The third-order valence-corrected chi connectivity index (χ3v) is 3.32. The van der Waals surface area contributed by atoms with Crippen molar-refractivity contribution in [1.29, 1.82) is 0 Å². The molecule has 0 saturated carbocycles. The number of likely N-dealkylation sites (tertiary alicyclic amines) is 1. The van der Waals surface area contributed by atoms with Gasteiger partial charge in [-0.2, -0.15) is 0 Å². The molecule has 0 spiro atoms. The molecule has 0 N–H and O–H groups in total. The van der Waals surface area contributed by atoms with Gasteiger partial charge < -0.3 is 19.1 Å². The van der Waals surface area contributed by atoms with E-state index < -0.39 is 11.0 Å². The Morgan fingerprint density at radius 2 is 1.75 bits per heavy atom. The third-order valence-electron chi connectivity index (χ3n) is 3.32. The summed E-state index contributed by atoms with van der Waals surface area (Å²) in [7, 11) is 1.47. The molecular weight excluding hydrogens is 262 g/mol. The highest BCUT2D eigenvalue weighted by Crippen LogP contribution is 2.32. The lowest BCUT2D eigenvalue weighted by Crippen LogP contribution is -2.47. The van der Waals surface area contributed by atoms with Crippen LogP contribution in [-0.4, -0.2) is 49.6 Å². The number of methoxy groups -OCH3 is 1. The lowest BCUT2D eigenvalue weighted by molar-refractivity contribution is -0.168. The molecule has 20 heavy (non-hydrogen) atoms. The Kier molecular flexibility index (Phi) is 5.39. The van der Waals surface area contributed by atoms with Crippen molar-refractivity contribution in [3.63, 3.8) is 0 Å². The summed E-state index contributed by atoms with van der Waals surface area (Å²) in [5, 5.41) is 0. The van der Waals surface area contributed by atoms with Gasteiger partial charge in [-0.15, -0.1) is 0 Å². The van der Waals surface area contributed by atoms with E-state index in [4.69, 9.17) is 14.2 Å². The molecule has 0 aromatic heterocycles. The van der Waals surface area contributed by atoms with Crippen LogP contribution in [0, 0.1) is 5.41 Å². The number of hydrogen-bond donors (Lipinski definition) is 0. The molecule has 0 atom stereocenters. The molecule has 1 saturated heterocycles. The topological polar surface area (TPSA) is 65.1 Å². The monoisotopic (exact) mass is 287 g/mol. The fraction of sp³-hybridized carbons (Fsp3) is 0.857. The van der Waals surface area contributed by atoms with Gasteiger partial charge >= 0.3 is 12.1 Å². The van der Waals surface area contributed by atoms with E-state index in [-0.39, 0.29) is 18.9 Å². The molecule has 6 heteroatoms. The molecule has 0 aromatic carbocycles. The fourth-order valence-electron chi connectivity index (χ4n) is 2.00. The second-order valence-electron chi connectivity index (χ2n) is 6.37. The number of piperidine rings is 1. The normalized spacial score (nSPS) is 18.6. The zero-order valence-electron chi connectivity index (χ0n) is 13.0. The number of amides is 1. The van der Waals surface area contributed by atoms with E-state index in [1.807, 2.05) is 27.7 Å². The molecule has 1 aliphatic rings. The molecule has 1 heterocycles. The van der Waals surface area contributed by atoms with Gasteiger partial charge in [-0.05, 0) is 40.5 Å². The highest BCUT2D eigenvalue weighted by molar-refractivity contribution is 5.77. The van der Waals surface area contributed by atoms with E-state index in [0.717, 1.165) is 0 Å². The molecule has 1 amide bonds. The van der Waals surface area contributed by atoms with Gasteiger partial charge in [-0.25, -0.2) is 4.79 Å². The third kappa shape index (κ3) is 4.67. The lowest BCUT2D eigenvalue weighted by Gasteiger charge is -2.37. The van der Waals surface area contributed by atoms with Crippen LogP contribution in [0.3, 0.4) is 0 Å². The molecule has 0 aliphatic carbocycles. The number of hydrogen-bond acceptors (Lipinski definition) is 5. The van der Waals surface area contributed by atoms with Crippen LogP contribution < -0.4 is 0 Å². The minimum absolute atomic E-state index is 0.0375. The van der Waals surface area contributed by atoms with Gasteiger partial charge in [-0.1, -0.05) is 0 Å². The number of nitrogens with zero attached hydrogens (tertiary/aromatic N) is 1. The summed E-state index contributed by atoms with van der Waals surface area (Å²) in [6.45, 7) is 8.31. The number of carbonyl (C=O) groups excluding carboxylic acids is 2. The molecular formula is C14H25NO5. The largest absolute Gasteiger partial charge is 0.444 e. The molecule has 0 radical (unpaired) electrons. The van der Waals surface area contributed by atoms with Crippen molar-refractivity contribution in [2.24, 2.45) is 5.41 Å². The number of esters is 1. The van der Waals surface area contributed by atoms with E-state index in [0.29, 0.717) is 25.9 Å². The predicted molar refractivity (Wildman–Crippen MR) is 73.1 cm³/mol. The second kappa shape index (κ2) is 6.43. The summed E-state index contributed by atoms with van der Waals surface area (Å²) in [6, 6.07) is 0. The van der Waals surface area contributed by atoms with Gasteiger partial charge in [0, 0.05) is 20.2 Å². The van der Waals surface area contributed by atoms with E-state index in [1.54, 1.807) is 4.90 Å². The van der Waals surface area contributed by atoms with Gasteiger partial charge in [-0.3, -0.25) is 4.79 Å². The van der Waals surface area contributed by atoms with Crippen LogP contribution in [-0.2, 0) is 19.0 Å². The van der Waals surface area contributed by atoms with Crippen molar-refractivity contribution in [1.82, 2.24) is 4.90 Å². The maximum Gasteiger partial charge on any atom is 0.410 e. The molecule has 116 valence electrons. The average molecular weight is 287 g/mol.